The van der Waals surface area contributed by atoms with E-state index in [1.54, 1.807) is 0 Å². The van der Waals surface area contributed by atoms with Gasteiger partial charge in [-0.15, -0.1) is 0 Å². The van der Waals surface area contributed by atoms with Crippen molar-refractivity contribution < 1.29 is 22.7 Å². The number of aromatic nitrogens is 3. The molecule has 0 spiro atoms. The van der Waals surface area contributed by atoms with Crippen LogP contribution in [0.15, 0.2) is 18.3 Å². The minimum atomic E-state index is -4.52. The van der Waals surface area contributed by atoms with Gasteiger partial charge in [-0.3, -0.25) is 9.89 Å². The molecule has 3 rings (SSSR count). The van der Waals surface area contributed by atoms with Gasteiger partial charge in [0.2, 0.25) is 0 Å². The molecular formula is C18H20ClF3N4O2. The van der Waals surface area contributed by atoms with Gasteiger partial charge in [-0.1, -0.05) is 24.4 Å². The summed E-state index contributed by atoms with van der Waals surface area (Å²) in [5.74, 6) is -0.304. The van der Waals surface area contributed by atoms with Crippen molar-refractivity contribution in [1.82, 2.24) is 20.5 Å². The Bertz CT molecular complexity index is 867. The predicted octanol–water partition coefficient (Wildman–Crippen LogP) is 4.15. The molecule has 1 atom stereocenters. The Kier molecular flexibility index (Phi) is 5.56. The topological polar surface area (TPSA) is 79.9 Å². The number of nitrogens with zero attached hydrogens (tertiary/aromatic N) is 2. The third-order valence-corrected chi connectivity index (χ3v) is 4.78. The van der Waals surface area contributed by atoms with Crippen molar-refractivity contribution in [3.8, 4) is 5.75 Å². The van der Waals surface area contributed by atoms with E-state index in [1.807, 2.05) is 19.9 Å². The van der Waals surface area contributed by atoms with Crippen LogP contribution in [0.4, 0.5) is 13.2 Å². The maximum absolute atomic E-state index is 12.8. The number of pyridine rings is 1. The number of amides is 1. The summed E-state index contributed by atoms with van der Waals surface area (Å²) in [5.41, 5.74) is 0.722. The smallest absolute Gasteiger partial charge is 0.422 e. The highest BCUT2D eigenvalue weighted by Crippen LogP contribution is 2.40. The summed E-state index contributed by atoms with van der Waals surface area (Å²) in [6.45, 7) is 2.22. The van der Waals surface area contributed by atoms with Gasteiger partial charge in [0.25, 0.3) is 5.91 Å². The van der Waals surface area contributed by atoms with Crippen LogP contribution < -0.4 is 10.1 Å². The van der Waals surface area contributed by atoms with Gasteiger partial charge in [0.15, 0.2) is 6.61 Å². The first-order valence-corrected chi connectivity index (χ1v) is 9.14. The minimum Gasteiger partial charge on any atom is -0.482 e. The van der Waals surface area contributed by atoms with Crippen LogP contribution in [-0.2, 0) is 5.54 Å². The number of rotatable bonds is 7. The molecule has 0 saturated heterocycles. The van der Waals surface area contributed by atoms with Crippen molar-refractivity contribution in [3.63, 3.8) is 0 Å². The Balaban J connectivity index is 1.80. The lowest BCUT2D eigenvalue weighted by molar-refractivity contribution is -0.153. The molecular weight excluding hydrogens is 397 g/mol. The normalized spacial score (nSPS) is 16.5. The lowest BCUT2D eigenvalue weighted by Gasteiger charge is -2.29. The Morgan fingerprint density at radius 2 is 2.11 bits per heavy atom. The average molecular weight is 417 g/mol. The van der Waals surface area contributed by atoms with Crippen LogP contribution in [0.2, 0.25) is 5.02 Å². The molecule has 2 aromatic rings. The first kappa shape index (κ1) is 20.4. The van der Waals surface area contributed by atoms with Crippen molar-refractivity contribution in [1.29, 1.82) is 0 Å². The number of aryl methyl sites for hydroxylation is 1. The van der Waals surface area contributed by atoms with E-state index in [2.05, 4.69) is 20.5 Å². The van der Waals surface area contributed by atoms with Gasteiger partial charge in [-0.25, -0.2) is 4.98 Å². The molecule has 10 heteroatoms. The molecule has 0 radical (unpaired) electrons. The molecule has 1 saturated carbocycles. The molecule has 1 aliphatic carbocycles. The molecule has 152 valence electrons. The highest BCUT2D eigenvalue weighted by molar-refractivity contribution is 6.32. The largest absolute Gasteiger partial charge is 0.482 e. The summed E-state index contributed by atoms with van der Waals surface area (Å²) in [4.78, 5) is 16.7. The number of carbonyl (C=O) groups excluding carboxylic acids is 1. The number of halogens is 4. The van der Waals surface area contributed by atoms with Crippen molar-refractivity contribution >= 4 is 17.5 Å². The van der Waals surface area contributed by atoms with Crippen LogP contribution in [0.1, 0.15) is 48.1 Å². The molecule has 0 bridgehead atoms. The molecule has 2 heterocycles. The SMILES string of the molecule is Cc1cc([C@@](C)(CC2CC2)NC(=O)c2cc(OCC(F)(F)F)c(Cl)cn2)n[nH]1. The standard InChI is InChI=1S/C18H20ClF3N4O2/c1-10-5-15(26-25-10)17(2,7-11-3-4-11)24-16(27)13-6-14(12(19)8-23-13)28-9-18(20,21)22/h5-6,8,11H,3-4,7,9H2,1-2H3,(H,24,27)(H,25,26)/t17-/m1/s1. The van der Waals surface area contributed by atoms with Crippen LogP contribution in [0.5, 0.6) is 5.75 Å². The lowest BCUT2D eigenvalue weighted by atomic mass is 9.90. The van der Waals surface area contributed by atoms with Crippen LogP contribution in [0, 0.1) is 12.8 Å². The van der Waals surface area contributed by atoms with E-state index in [-0.39, 0.29) is 16.5 Å². The molecule has 1 amide bonds. The fourth-order valence-electron chi connectivity index (χ4n) is 2.95. The number of carbonyl (C=O) groups is 1. The van der Waals surface area contributed by atoms with Crippen LogP contribution in [0.3, 0.4) is 0 Å². The molecule has 0 unspecified atom stereocenters. The van der Waals surface area contributed by atoms with Gasteiger partial charge in [0.1, 0.15) is 16.5 Å². The summed E-state index contributed by atoms with van der Waals surface area (Å²) in [6, 6.07) is 2.96. The Morgan fingerprint density at radius 3 is 2.68 bits per heavy atom. The molecule has 1 aliphatic rings. The molecule has 2 N–H and O–H groups in total. The maximum Gasteiger partial charge on any atom is 0.422 e. The van der Waals surface area contributed by atoms with Gasteiger partial charge in [0, 0.05) is 11.8 Å². The fourth-order valence-corrected chi connectivity index (χ4v) is 3.11. The Labute approximate surface area is 164 Å². The number of alkyl halides is 3. The number of hydrogen-bond donors (Lipinski definition) is 2. The summed E-state index contributed by atoms with van der Waals surface area (Å²) < 4.78 is 41.9. The quantitative estimate of drug-likeness (QED) is 0.710. The van der Waals surface area contributed by atoms with Gasteiger partial charge < -0.3 is 10.1 Å². The zero-order chi connectivity index (χ0) is 20.5. The first-order chi connectivity index (χ1) is 13.1. The summed E-state index contributed by atoms with van der Waals surface area (Å²) >= 11 is 5.84. The maximum atomic E-state index is 12.8. The first-order valence-electron chi connectivity index (χ1n) is 8.76. The fraction of sp³-hybridized carbons (Fsp3) is 0.500. The summed E-state index contributed by atoms with van der Waals surface area (Å²) in [5, 5.41) is 9.96. The predicted molar refractivity (Wildman–Crippen MR) is 96.3 cm³/mol. The van der Waals surface area contributed by atoms with Gasteiger partial charge in [0.05, 0.1) is 17.4 Å². The average Bonchev–Trinajstić information content (AvgIpc) is 3.29. The van der Waals surface area contributed by atoms with Crippen molar-refractivity contribution in [2.24, 2.45) is 5.92 Å². The Morgan fingerprint density at radius 1 is 1.39 bits per heavy atom. The van der Waals surface area contributed by atoms with E-state index >= 15 is 0 Å². The van der Waals surface area contributed by atoms with E-state index in [0.29, 0.717) is 18.0 Å². The molecule has 1 fully saturated rings. The van der Waals surface area contributed by atoms with Crippen molar-refractivity contribution in [2.75, 3.05) is 6.61 Å². The third kappa shape index (κ3) is 5.15. The zero-order valence-corrected chi connectivity index (χ0v) is 16.1. The number of aromatic amines is 1. The molecule has 6 nitrogen and oxygen atoms in total. The highest BCUT2D eigenvalue weighted by atomic mass is 35.5. The summed E-state index contributed by atoms with van der Waals surface area (Å²) in [6.07, 6.45) is -0.546. The van der Waals surface area contributed by atoms with Crippen molar-refractivity contribution in [3.05, 3.63) is 40.4 Å². The number of hydrogen-bond acceptors (Lipinski definition) is 4. The molecule has 0 aromatic carbocycles. The van der Waals surface area contributed by atoms with Gasteiger partial charge in [-0.05, 0) is 32.3 Å². The lowest BCUT2D eigenvalue weighted by Crippen LogP contribution is -2.44. The van der Waals surface area contributed by atoms with Gasteiger partial charge in [-0.2, -0.15) is 18.3 Å². The highest BCUT2D eigenvalue weighted by Gasteiger charge is 2.38. The Hall–Kier alpha value is -2.29. The minimum absolute atomic E-state index is 0.0872. The van der Waals surface area contributed by atoms with Crippen LogP contribution in [0.25, 0.3) is 0 Å². The van der Waals surface area contributed by atoms with E-state index in [4.69, 9.17) is 16.3 Å². The van der Waals surface area contributed by atoms with Crippen LogP contribution >= 0.6 is 11.6 Å². The van der Waals surface area contributed by atoms with Crippen LogP contribution in [-0.4, -0.2) is 33.9 Å². The van der Waals surface area contributed by atoms with E-state index in [1.165, 1.54) is 0 Å². The molecule has 28 heavy (non-hydrogen) atoms. The van der Waals surface area contributed by atoms with E-state index in [9.17, 15) is 18.0 Å². The molecule has 2 aromatic heterocycles. The zero-order valence-electron chi connectivity index (χ0n) is 15.4. The number of ether oxygens (including phenoxy) is 1. The second-order valence-corrected chi connectivity index (χ2v) is 7.68. The molecule has 0 aliphatic heterocycles. The second kappa shape index (κ2) is 7.62. The van der Waals surface area contributed by atoms with E-state index in [0.717, 1.165) is 30.8 Å². The van der Waals surface area contributed by atoms with Crippen molar-refractivity contribution in [2.45, 2.75) is 44.8 Å². The number of nitrogens with one attached hydrogen (secondary N) is 2. The van der Waals surface area contributed by atoms with E-state index < -0.39 is 24.2 Å². The summed E-state index contributed by atoms with van der Waals surface area (Å²) in [7, 11) is 0. The van der Waals surface area contributed by atoms with Gasteiger partial charge >= 0.3 is 6.18 Å². The second-order valence-electron chi connectivity index (χ2n) is 7.27. The monoisotopic (exact) mass is 416 g/mol. The third-order valence-electron chi connectivity index (χ3n) is 4.50. The number of H-pyrrole nitrogens is 1.